The highest BCUT2D eigenvalue weighted by Gasteiger charge is 2.22. The van der Waals surface area contributed by atoms with Crippen LogP contribution in [0, 0.1) is 0 Å². The van der Waals surface area contributed by atoms with Crippen molar-refractivity contribution in [2.45, 2.75) is 13.2 Å². The second-order valence-corrected chi connectivity index (χ2v) is 7.47. The van der Waals surface area contributed by atoms with Crippen molar-refractivity contribution >= 4 is 23.2 Å². The minimum Gasteiger partial charge on any atom is -0.435 e. The van der Waals surface area contributed by atoms with Crippen LogP contribution in [0.2, 0.25) is 10.0 Å². The second kappa shape index (κ2) is 9.72. The Morgan fingerprint density at radius 1 is 0.697 bits per heavy atom. The minimum absolute atomic E-state index is 0.00903. The first-order chi connectivity index (χ1) is 15.8. The maximum absolute atomic E-state index is 12.5. The van der Waals surface area contributed by atoms with Crippen molar-refractivity contribution in [2.75, 3.05) is 0 Å². The molecule has 4 nitrogen and oxygen atoms in total. The van der Waals surface area contributed by atoms with Gasteiger partial charge in [-0.05, 0) is 60.7 Å². The highest BCUT2D eigenvalue weighted by atomic mass is 35.5. The Bertz CT molecular complexity index is 1250. The van der Waals surface area contributed by atoms with Gasteiger partial charge in [0.15, 0.2) is 0 Å². The molecule has 1 heterocycles. The van der Waals surface area contributed by atoms with Crippen molar-refractivity contribution in [1.29, 1.82) is 0 Å². The Labute approximate surface area is 195 Å². The largest absolute Gasteiger partial charge is 0.435 e. The molecule has 0 unspecified atom stereocenters. The highest BCUT2D eigenvalue weighted by Crippen LogP contribution is 2.40. The van der Waals surface area contributed by atoms with Crippen LogP contribution in [0.25, 0.3) is 28.2 Å². The monoisotopic (exact) mass is 496 g/mol. The van der Waals surface area contributed by atoms with Crippen LogP contribution >= 0.6 is 23.2 Å². The zero-order valence-corrected chi connectivity index (χ0v) is 18.1. The van der Waals surface area contributed by atoms with Gasteiger partial charge < -0.3 is 9.47 Å². The summed E-state index contributed by atoms with van der Waals surface area (Å²) in [5.41, 5.74) is 2.47. The van der Waals surface area contributed by atoms with Gasteiger partial charge in [0.2, 0.25) is 0 Å². The molecule has 0 spiro atoms. The first-order valence-corrected chi connectivity index (χ1v) is 10.2. The molecule has 0 aliphatic rings. The number of halogens is 6. The average Bonchev–Trinajstić information content (AvgIpc) is 3.11. The molecule has 33 heavy (non-hydrogen) atoms. The summed E-state index contributed by atoms with van der Waals surface area (Å²) in [4.78, 5) is 0. The van der Waals surface area contributed by atoms with E-state index in [1.807, 2.05) is 0 Å². The van der Waals surface area contributed by atoms with Crippen molar-refractivity contribution in [1.82, 2.24) is 9.78 Å². The van der Waals surface area contributed by atoms with E-state index < -0.39 is 13.2 Å². The van der Waals surface area contributed by atoms with Gasteiger partial charge >= 0.3 is 13.2 Å². The predicted molar refractivity (Wildman–Crippen MR) is 118 cm³/mol. The van der Waals surface area contributed by atoms with E-state index in [1.54, 1.807) is 48.5 Å². The summed E-state index contributed by atoms with van der Waals surface area (Å²) in [5, 5.41) is 5.26. The fourth-order valence-electron chi connectivity index (χ4n) is 3.22. The Hall–Kier alpha value is -3.23. The number of rotatable bonds is 7. The lowest BCUT2D eigenvalue weighted by atomic mass is 10.1. The van der Waals surface area contributed by atoms with Gasteiger partial charge in [-0.15, -0.1) is 0 Å². The van der Waals surface area contributed by atoms with Crippen LogP contribution in [-0.4, -0.2) is 23.0 Å². The molecule has 4 rings (SSSR count). The van der Waals surface area contributed by atoms with Crippen molar-refractivity contribution in [3.63, 3.8) is 0 Å². The Morgan fingerprint density at radius 2 is 1.21 bits per heavy atom. The van der Waals surface area contributed by atoms with Crippen LogP contribution in [0.1, 0.15) is 0 Å². The van der Waals surface area contributed by atoms with Crippen molar-refractivity contribution in [3.8, 4) is 39.7 Å². The first-order valence-electron chi connectivity index (χ1n) is 9.47. The molecular weight excluding hydrogens is 483 g/mol. The molecule has 0 bridgehead atoms. The normalized spacial score (nSPS) is 11.3. The average molecular weight is 497 g/mol. The summed E-state index contributed by atoms with van der Waals surface area (Å²) >= 11 is 13.1. The number of alkyl halides is 4. The van der Waals surface area contributed by atoms with Gasteiger partial charge in [-0.25, -0.2) is 4.68 Å². The number of benzene rings is 3. The van der Waals surface area contributed by atoms with Gasteiger partial charge in [-0.1, -0.05) is 35.3 Å². The van der Waals surface area contributed by atoms with E-state index in [9.17, 15) is 17.6 Å². The highest BCUT2D eigenvalue weighted by molar-refractivity contribution is 6.36. The van der Waals surface area contributed by atoms with Crippen LogP contribution in [0.4, 0.5) is 17.6 Å². The number of hydrogen-bond acceptors (Lipinski definition) is 3. The predicted octanol–water partition coefficient (Wildman–Crippen LogP) is 7.72. The van der Waals surface area contributed by atoms with E-state index in [0.717, 1.165) is 0 Å². The van der Waals surface area contributed by atoms with Crippen LogP contribution in [-0.2, 0) is 0 Å². The third kappa shape index (κ3) is 5.07. The number of nitrogens with zero attached hydrogens (tertiary/aromatic N) is 2. The SMILES string of the molecule is FC(F)Oc1ccc(-c2nn(-c3ccccc3Cl)c(-c3ccc(OC(F)F)cc3)c2Cl)cc1. The van der Waals surface area contributed by atoms with E-state index in [-0.39, 0.29) is 16.5 Å². The summed E-state index contributed by atoms with van der Waals surface area (Å²) in [5.74, 6) is -0.0197. The van der Waals surface area contributed by atoms with Gasteiger partial charge in [0.1, 0.15) is 17.2 Å². The maximum Gasteiger partial charge on any atom is 0.387 e. The number of para-hydroxylation sites is 1. The molecule has 10 heteroatoms. The van der Waals surface area contributed by atoms with Gasteiger partial charge in [-0.2, -0.15) is 22.7 Å². The molecule has 3 aromatic carbocycles. The Balaban J connectivity index is 1.83. The third-order valence-corrected chi connectivity index (χ3v) is 5.29. The van der Waals surface area contributed by atoms with Gasteiger partial charge in [0, 0.05) is 11.1 Å². The van der Waals surface area contributed by atoms with Crippen LogP contribution in [0.15, 0.2) is 72.8 Å². The first kappa shape index (κ1) is 22.9. The molecule has 0 N–H and O–H groups in total. The lowest BCUT2D eigenvalue weighted by molar-refractivity contribution is -0.0505. The van der Waals surface area contributed by atoms with Crippen LogP contribution in [0.5, 0.6) is 11.5 Å². The number of hydrogen-bond donors (Lipinski definition) is 0. The molecule has 0 saturated heterocycles. The molecule has 0 amide bonds. The second-order valence-electron chi connectivity index (χ2n) is 6.68. The van der Waals surface area contributed by atoms with Gasteiger partial charge in [-0.3, -0.25) is 0 Å². The fourth-order valence-corrected chi connectivity index (χ4v) is 3.77. The molecule has 0 aliphatic carbocycles. The quantitative estimate of drug-likeness (QED) is 0.246. The molecule has 0 saturated carbocycles. The van der Waals surface area contributed by atoms with E-state index in [4.69, 9.17) is 23.2 Å². The molecule has 1 aromatic heterocycles. The third-order valence-electron chi connectivity index (χ3n) is 4.61. The van der Waals surface area contributed by atoms with Gasteiger partial charge in [0.05, 0.1) is 21.4 Å². The van der Waals surface area contributed by atoms with Crippen LogP contribution in [0.3, 0.4) is 0 Å². The van der Waals surface area contributed by atoms with Crippen molar-refractivity contribution in [2.24, 2.45) is 0 Å². The molecule has 0 radical (unpaired) electrons. The van der Waals surface area contributed by atoms with E-state index >= 15 is 0 Å². The number of ether oxygens (including phenoxy) is 2. The Morgan fingerprint density at radius 3 is 1.73 bits per heavy atom. The summed E-state index contributed by atoms with van der Waals surface area (Å²) in [6.45, 7) is -5.89. The summed E-state index contributed by atoms with van der Waals surface area (Å²) in [7, 11) is 0. The lowest BCUT2D eigenvalue weighted by Gasteiger charge is -2.10. The summed E-state index contributed by atoms with van der Waals surface area (Å²) in [6.07, 6.45) is 0. The van der Waals surface area contributed by atoms with Crippen molar-refractivity contribution in [3.05, 3.63) is 82.8 Å². The van der Waals surface area contributed by atoms with Gasteiger partial charge in [0.25, 0.3) is 0 Å². The summed E-state index contributed by atoms with van der Waals surface area (Å²) < 4.78 is 60.2. The maximum atomic E-state index is 12.5. The van der Waals surface area contributed by atoms with E-state index in [0.29, 0.717) is 33.2 Å². The molecule has 0 aliphatic heterocycles. The van der Waals surface area contributed by atoms with E-state index in [1.165, 1.54) is 28.9 Å². The molecular formula is C23H14Cl2F4N2O2. The topological polar surface area (TPSA) is 36.3 Å². The summed E-state index contributed by atoms with van der Waals surface area (Å²) in [6, 6.07) is 18.7. The van der Waals surface area contributed by atoms with Crippen LogP contribution < -0.4 is 9.47 Å². The minimum atomic E-state index is -2.95. The molecule has 0 atom stereocenters. The Kier molecular flexibility index (Phi) is 6.76. The molecule has 0 fully saturated rings. The molecule has 4 aromatic rings. The smallest absolute Gasteiger partial charge is 0.387 e. The van der Waals surface area contributed by atoms with E-state index in [2.05, 4.69) is 14.6 Å². The zero-order chi connectivity index (χ0) is 23.5. The lowest BCUT2D eigenvalue weighted by Crippen LogP contribution is -2.02. The standard InChI is InChI=1S/C23H14Cl2F4N2O2/c24-17-3-1-2-4-18(17)31-21(14-7-11-16(12-8-14)33-23(28)29)19(25)20(30-31)13-5-9-15(10-6-13)32-22(26)27/h1-12,22-23H. The zero-order valence-electron chi connectivity index (χ0n) is 16.6. The van der Waals surface area contributed by atoms with Crippen molar-refractivity contribution < 1.29 is 27.0 Å². The number of aromatic nitrogens is 2. The molecule has 170 valence electrons. The fraction of sp³-hybridized carbons (Fsp3) is 0.0870.